The van der Waals surface area contributed by atoms with E-state index in [9.17, 15) is 14.4 Å². The normalized spacial score (nSPS) is 7.93. The third-order valence-electron chi connectivity index (χ3n) is 1.43. The molecule has 0 aliphatic carbocycles. The summed E-state index contributed by atoms with van der Waals surface area (Å²) in [6, 6.07) is 0. The van der Waals surface area contributed by atoms with Crippen LogP contribution in [0.25, 0.3) is 0 Å². The van der Waals surface area contributed by atoms with Crippen LogP contribution in [0.15, 0.2) is 4.99 Å². The average molecular weight is 199 g/mol. The van der Waals surface area contributed by atoms with Gasteiger partial charge in [0.1, 0.15) is 0 Å². The number of isocyanates is 1. The van der Waals surface area contributed by atoms with Crippen LogP contribution in [0.3, 0.4) is 0 Å². The molecule has 0 amide bonds. The van der Waals surface area contributed by atoms with Crippen molar-refractivity contribution in [3.63, 3.8) is 0 Å². The van der Waals surface area contributed by atoms with Crippen molar-refractivity contribution in [2.45, 2.75) is 40.0 Å². The van der Waals surface area contributed by atoms with Crippen LogP contribution in [-0.4, -0.2) is 24.2 Å². The van der Waals surface area contributed by atoms with Gasteiger partial charge in [0.05, 0.1) is 6.54 Å². The monoisotopic (exact) mass is 199 g/mol. The molecule has 0 fully saturated rings. The zero-order valence-electron chi connectivity index (χ0n) is 9.00. The largest absolute Gasteiger partial charge is 0.291 e. The lowest BCUT2D eigenvalue weighted by atomic mass is 10.3. The molecule has 0 saturated heterocycles. The van der Waals surface area contributed by atoms with E-state index in [4.69, 9.17) is 0 Å². The lowest BCUT2D eigenvalue weighted by molar-refractivity contribution is -0.134. The molecule has 4 heteroatoms. The van der Waals surface area contributed by atoms with Crippen molar-refractivity contribution in [3.8, 4) is 0 Å². The van der Waals surface area contributed by atoms with Crippen molar-refractivity contribution >= 4 is 17.6 Å². The summed E-state index contributed by atoms with van der Waals surface area (Å²) < 4.78 is 0. The van der Waals surface area contributed by atoms with Gasteiger partial charge in [-0.1, -0.05) is 19.8 Å². The highest BCUT2D eigenvalue weighted by Gasteiger charge is 1.94. The Labute approximate surface area is 84.4 Å². The zero-order valence-corrected chi connectivity index (χ0v) is 9.00. The molecule has 0 aliphatic rings. The molecule has 0 rings (SSSR count). The van der Waals surface area contributed by atoms with E-state index >= 15 is 0 Å². The molecule has 0 atom stereocenters. The highest BCUT2D eigenvalue weighted by Crippen LogP contribution is 1.91. The van der Waals surface area contributed by atoms with Gasteiger partial charge in [0.2, 0.25) is 6.08 Å². The Bertz CT molecular complexity index is 205. The molecule has 0 spiro atoms. The number of ketones is 2. The summed E-state index contributed by atoms with van der Waals surface area (Å²) in [5.41, 5.74) is 0. The molecule has 0 radical (unpaired) electrons. The molecule has 0 heterocycles. The Morgan fingerprint density at radius 3 is 1.93 bits per heavy atom. The summed E-state index contributed by atoms with van der Waals surface area (Å²) in [4.78, 5) is 32.5. The molecule has 0 saturated carbocycles. The van der Waals surface area contributed by atoms with Gasteiger partial charge in [-0.2, -0.15) is 0 Å². The van der Waals surface area contributed by atoms with Crippen LogP contribution in [0, 0.1) is 0 Å². The van der Waals surface area contributed by atoms with E-state index in [0.29, 0.717) is 6.54 Å². The standard InChI is InChI=1S/C6H11NO.C4H6O2/c1-2-3-4-5-7-6-8;1-3(5)4(2)6/h2-5H2,1H3;1-2H3. The van der Waals surface area contributed by atoms with E-state index < -0.39 is 0 Å². The van der Waals surface area contributed by atoms with Crippen LogP contribution in [0.5, 0.6) is 0 Å². The van der Waals surface area contributed by atoms with Crippen LogP contribution in [0.1, 0.15) is 40.0 Å². The summed E-state index contributed by atoms with van der Waals surface area (Å²) in [5, 5.41) is 0. The first-order chi connectivity index (χ1) is 6.56. The van der Waals surface area contributed by atoms with Gasteiger partial charge in [0, 0.05) is 13.8 Å². The van der Waals surface area contributed by atoms with E-state index in [-0.39, 0.29) is 11.6 Å². The van der Waals surface area contributed by atoms with Crippen LogP contribution < -0.4 is 0 Å². The topological polar surface area (TPSA) is 63.6 Å². The van der Waals surface area contributed by atoms with Gasteiger partial charge < -0.3 is 0 Å². The second-order valence-corrected chi connectivity index (χ2v) is 2.79. The van der Waals surface area contributed by atoms with Crippen molar-refractivity contribution < 1.29 is 14.4 Å². The predicted molar refractivity (Wildman–Crippen MR) is 53.9 cm³/mol. The van der Waals surface area contributed by atoms with Crippen molar-refractivity contribution in [2.75, 3.05) is 6.54 Å². The number of rotatable bonds is 5. The molecule has 0 unspecified atom stereocenters. The van der Waals surface area contributed by atoms with Gasteiger partial charge in [0.25, 0.3) is 0 Å². The molecule has 0 aromatic rings. The first-order valence-electron chi connectivity index (χ1n) is 4.61. The summed E-state index contributed by atoms with van der Waals surface area (Å²) >= 11 is 0. The Morgan fingerprint density at radius 2 is 1.64 bits per heavy atom. The summed E-state index contributed by atoms with van der Waals surface area (Å²) in [6.07, 6.45) is 4.85. The summed E-state index contributed by atoms with van der Waals surface area (Å²) in [7, 11) is 0. The molecule has 0 aromatic heterocycles. The number of nitrogens with zero attached hydrogens (tertiary/aromatic N) is 1. The Kier molecular flexibility index (Phi) is 12.7. The molecule has 0 aliphatic heterocycles. The minimum absolute atomic E-state index is 0.380. The van der Waals surface area contributed by atoms with E-state index in [2.05, 4.69) is 11.9 Å². The molecular weight excluding hydrogens is 182 g/mol. The van der Waals surface area contributed by atoms with Crippen LogP contribution in [0.2, 0.25) is 0 Å². The number of aliphatic imine (C=N–C) groups is 1. The first-order valence-corrected chi connectivity index (χ1v) is 4.61. The SMILES string of the molecule is CC(=O)C(C)=O.CCCCCN=C=O. The fourth-order valence-electron chi connectivity index (χ4n) is 0.487. The van der Waals surface area contributed by atoms with Crippen molar-refractivity contribution in [1.29, 1.82) is 0 Å². The first kappa shape index (κ1) is 15.2. The third-order valence-corrected chi connectivity index (χ3v) is 1.43. The molecule has 80 valence electrons. The number of unbranched alkanes of at least 4 members (excludes halogenated alkanes) is 2. The van der Waals surface area contributed by atoms with Gasteiger partial charge in [-0.25, -0.2) is 9.79 Å². The maximum absolute atomic E-state index is 9.79. The Hall–Kier alpha value is -1.28. The second kappa shape index (κ2) is 11.7. The smallest absolute Gasteiger partial charge is 0.234 e. The quantitative estimate of drug-likeness (QED) is 0.293. The molecule has 0 bridgehead atoms. The summed E-state index contributed by atoms with van der Waals surface area (Å²) in [6.45, 7) is 5.27. The molecule has 0 aromatic carbocycles. The fourth-order valence-corrected chi connectivity index (χ4v) is 0.487. The molecular formula is C10H17NO3. The van der Waals surface area contributed by atoms with Crippen molar-refractivity contribution in [3.05, 3.63) is 0 Å². The predicted octanol–water partition coefficient (Wildman–Crippen LogP) is 1.68. The second-order valence-electron chi connectivity index (χ2n) is 2.79. The molecule has 0 N–H and O–H groups in total. The number of carbonyl (C=O) groups excluding carboxylic acids is 3. The average Bonchev–Trinajstić information content (AvgIpc) is 2.13. The Balaban J connectivity index is 0. The van der Waals surface area contributed by atoms with Gasteiger partial charge in [-0.05, 0) is 6.42 Å². The van der Waals surface area contributed by atoms with E-state index in [1.165, 1.54) is 26.3 Å². The minimum Gasteiger partial charge on any atom is -0.291 e. The zero-order chi connectivity index (χ0) is 11.4. The highest BCUT2D eigenvalue weighted by molar-refractivity contribution is 6.35. The lowest BCUT2D eigenvalue weighted by Crippen LogP contribution is -2.01. The van der Waals surface area contributed by atoms with Crippen LogP contribution in [-0.2, 0) is 14.4 Å². The number of hydrogen-bond donors (Lipinski definition) is 0. The van der Waals surface area contributed by atoms with Crippen LogP contribution >= 0.6 is 0 Å². The van der Waals surface area contributed by atoms with Gasteiger partial charge >= 0.3 is 0 Å². The maximum Gasteiger partial charge on any atom is 0.234 e. The third kappa shape index (κ3) is 17.0. The van der Waals surface area contributed by atoms with Gasteiger partial charge in [-0.15, -0.1) is 0 Å². The fraction of sp³-hybridized carbons (Fsp3) is 0.700. The number of carbonyl (C=O) groups is 2. The Morgan fingerprint density at radius 1 is 1.14 bits per heavy atom. The maximum atomic E-state index is 9.79. The number of hydrogen-bond acceptors (Lipinski definition) is 4. The van der Waals surface area contributed by atoms with E-state index in [0.717, 1.165) is 12.8 Å². The summed E-state index contributed by atoms with van der Waals surface area (Å²) in [5.74, 6) is -0.759. The van der Waals surface area contributed by atoms with E-state index in [1.54, 1.807) is 0 Å². The lowest BCUT2D eigenvalue weighted by Gasteiger charge is -1.86. The molecule has 4 nitrogen and oxygen atoms in total. The van der Waals surface area contributed by atoms with Crippen LogP contribution in [0.4, 0.5) is 0 Å². The van der Waals surface area contributed by atoms with Crippen molar-refractivity contribution in [2.24, 2.45) is 4.99 Å². The van der Waals surface area contributed by atoms with Gasteiger partial charge in [0.15, 0.2) is 11.6 Å². The minimum atomic E-state index is -0.380. The number of Topliss-reactive ketones (excluding diaryl/α,β-unsaturated/α-hetero) is 2. The highest BCUT2D eigenvalue weighted by atomic mass is 16.2. The van der Waals surface area contributed by atoms with Crippen molar-refractivity contribution in [1.82, 2.24) is 0 Å². The van der Waals surface area contributed by atoms with E-state index in [1.807, 2.05) is 0 Å². The van der Waals surface area contributed by atoms with Gasteiger partial charge in [-0.3, -0.25) is 9.59 Å². The molecule has 14 heavy (non-hydrogen) atoms.